The van der Waals surface area contributed by atoms with E-state index in [1.54, 1.807) is 0 Å². The third-order valence-corrected chi connectivity index (χ3v) is 3.72. The second kappa shape index (κ2) is 8.27. The lowest BCUT2D eigenvalue weighted by atomic mass is 10.2. The van der Waals surface area contributed by atoms with Crippen LogP contribution in [0.4, 0.5) is 17.1 Å². The molecule has 2 rings (SSSR count). The van der Waals surface area contributed by atoms with Gasteiger partial charge in [0.05, 0.1) is 16.7 Å². The molecular weight excluding hydrogens is 378 g/mol. The Hall–Kier alpha value is -3.47. The maximum absolute atomic E-state index is 12.0. The Balaban J connectivity index is 1.99. The Morgan fingerprint density at radius 1 is 1.15 bits per heavy atom. The van der Waals surface area contributed by atoms with E-state index < -0.39 is 33.4 Å². The van der Waals surface area contributed by atoms with Crippen molar-refractivity contribution >= 4 is 39.0 Å². The summed E-state index contributed by atoms with van der Waals surface area (Å²) in [7, 11) is -3.51. The van der Waals surface area contributed by atoms with Gasteiger partial charge in [-0.05, 0) is 24.3 Å². The number of hydrogen-bond acceptors (Lipinski definition) is 7. The van der Waals surface area contributed by atoms with Crippen LogP contribution in [0.3, 0.4) is 0 Å². The van der Waals surface area contributed by atoms with Gasteiger partial charge >= 0.3 is 5.97 Å². The molecule has 0 saturated carbocycles. The lowest BCUT2D eigenvalue weighted by molar-refractivity contribution is -0.383. The zero-order valence-electron chi connectivity index (χ0n) is 14.0. The molecule has 0 aromatic heterocycles. The summed E-state index contributed by atoms with van der Waals surface area (Å²) in [5.74, 6) is -1.62. The fourth-order valence-corrected chi connectivity index (χ4v) is 2.62. The largest absolute Gasteiger partial charge is 0.452 e. The van der Waals surface area contributed by atoms with Crippen molar-refractivity contribution in [1.82, 2.24) is 0 Å². The quantitative estimate of drug-likeness (QED) is 0.414. The lowest BCUT2D eigenvalue weighted by Gasteiger charge is -2.08. The minimum Gasteiger partial charge on any atom is -0.452 e. The second-order valence-electron chi connectivity index (χ2n) is 5.35. The molecule has 0 fully saturated rings. The first-order valence-corrected chi connectivity index (χ1v) is 9.33. The highest BCUT2D eigenvalue weighted by molar-refractivity contribution is 7.92. The molecule has 10 nitrogen and oxygen atoms in total. The van der Waals surface area contributed by atoms with Crippen LogP contribution in [0, 0.1) is 10.1 Å². The number of amides is 1. The van der Waals surface area contributed by atoms with E-state index in [0.717, 1.165) is 6.26 Å². The van der Waals surface area contributed by atoms with Gasteiger partial charge in [-0.15, -0.1) is 0 Å². The topological polar surface area (TPSA) is 145 Å². The van der Waals surface area contributed by atoms with Crippen molar-refractivity contribution in [3.63, 3.8) is 0 Å². The first-order valence-electron chi connectivity index (χ1n) is 7.44. The predicted molar refractivity (Wildman–Crippen MR) is 96.9 cm³/mol. The lowest BCUT2D eigenvalue weighted by Crippen LogP contribution is -2.21. The SMILES string of the molecule is CS(=O)(=O)Nc1cccc(C(=O)OCC(=O)Nc2ccccc2[N+](=O)[O-])c1. The molecule has 2 aromatic rings. The first-order chi connectivity index (χ1) is 12.7. The number of nitrogens with one attached hydrogen (secondary N) is 2. The minimum absolute atomic E-state index is 0.0251. The van der Waals surface area contributed by atoms with Gasteiger partial charge in [-0.25, -0.2) is 13.2 Å². The van der Waals surface area contributed by atoms with Crippen LogP contribution in [-0.2, 0) is 19.6 Å². The van der Waals surface area contributed by atoms with Gasteiger partial charge in [-0.3, -0.25) is 19.6 Å². The number of anilines is 2. The average Bonchev–Trinajstić information content (AvgIpc) is 2.58. The third kappa shape index (κ3) is 6.08. The zero-order valence-corrected chi connectivity index (χ0v) is 14.9. The van der Waals surface area contributed by atoms with E-state index in [0.29, 0.717) is 0 Å². The number of esters is 1. The monoisotopic (exact) mass is 393 g/mol. The molecule has 0 aliphatic heterocycles. The van der Waals surface area contributed by atoms with Gasteiger partial charge in [-0.2, -0.15) is 0 Å². The Morgan fingerprint density at radius 3 is 2.52 bits per heavy atom. The summed E-state index contributed by atoms with van der Waals surface area (Å²) in [4.78, 5) is 34.1. The van der Waals surface area contributed by atoms with Crippen molar-refractivity contribution in [2.45, 2.75) is 0 Å². The maximum atomic E-state index is 12.0. The Kier molecular flexibility index (Phi) is 6.08. The smallest absolute Gasteiger partial charge is 0.338 e. The number of nitro groups is 1. The highest BCUT2D eigenvalue weighted by atomic mass is 32.2. The van der Waals surface area contributed by atoms with Crippen molar-refractivity contribution in [1.29, 1.82) is 0 Å². The molecule has 2 N–H and O–H groups in total. The number of nitrogens with zero attached hydrogens (tertiary/aromatic N) is 1. The third-order valence-electron chi connectivity index (χ3n) is 3.11. The molecule has 2 aromatic carbocycles. The molecule has 1 amide bonds. The highest BCUT2D eigenvalue weighted by Gasteiger charge is 2.16. The number of rotatable bonds is 7. The molecule has 0 heterocycles. The van der Waals surface area contributed by atoms with Crippen LogP contribution in [0.2, 0.25) is 0 Å². The molecular formula is C16H15N3O7S. The van der Waals surface area contributed by atoms with Gasteiger partial charge in [0.1, 0.15) is 5.69 Å². The summed E-state index contributed by atoms with van der Waals surface area (Å²) in [6.45, 7) is -0.672. The van der Waals surface area contributed by atoms with Crippen molar-refractivity contribution in [2.75, 3.05) is 22.9 Å². The predicted octanol–water partition coefficient (Wildman–Crippen LogP) is 1.76. The first kappa shape index (κ1) is 19.8. The van der Waals surface area contributed by atoms with Crippen LogP contribution in [0.15, 0.2) is 48.5 Å². The summed E-state index contributed by atoms with van der Waals surface area (Å²) >= 11 is 0. The number of sulfonamides is 1. The van der Waals surface area contributed by atoms with Crippen molar-refractivity contribution in [3.8, 4) is 0 Å². The van der Waals surface area contributed by atoms with Gasteiger partial charge in [0.15, 0.2) is 6.61 Å². The van der Waals surface area contributed by atoms with Gasteiger partial charge in [0.25, 0.3) is 11.6 Å². The van der Waals surface area contributed by atoms with Crippen LogP contribution in [0.5, 0.6) is 0 Å². The van der Waals surface area contributed by atoms with Crippen LogP contribution >= 0.6 is 0 Å². The molecule has 0 aliphatic rings. The van der Waals surface area contributed by atoms with Crippen LogP contribution in [-0.4, -0.2) is 38.1 Å². The fraction of sp³-hybridized carbons (Fsp3) is 0.125. The maximum Gasteiger partial charge on any atom is 0.338 e. The standard InChI is InChI=1S/C16H15N3O7S/c1-27(24,25)18-12-6-4-5-11(9-12)16(21)26-10-15(20)17-13-7-2-3-8-14(13)19(22)23/h2-9,18H,10H2,1H3,(H,17,20). The molecule has 142 valence electrons. The highest BCUT2D eigenvalue weighted by Crippen LogP contribution is 2.23. The molecule has 0 radical (unpaired) electrons. The number of carbonyl (C=O) groups excluding carboxylic acids is 2. The molecule has 27 heavy (non-hydrogen) atoms. The van der Waals surface area contributed by atoms with E-state index in [2.05, 4.69) is 10.0 Å². The van der Waals surface area contributed by atoms with E-state index in [-0.39, 0.29) is 22.6 Å². The number of carbonyl (C=O) groups is 2. The normalized spacial score (nSPS) is 10.7. The molecule has 0 aliphatic carbocycles. The molecule has 0 bridgehead atoms. The molecule has 0 saturated heterocycles. The van der Waals surface area contributed by atoms with E-state index >= 15 is 0 Å². The van der Waals surface area contributed by atoms with Crippen molar-refractivity contribution in [2.24, 2.45) is 0 Å². The number of para-hydroxylation sites is 2. The van der Waals surface area contributed by atoms with Crippen molar-refractivity contribution in [3.05, 3.63) is 64.2 Å². The van der Waals surface area contributed by atoms with E-state index in [9.17, 15) is 28.1 Å². The summed E-state index contributed by atoms with van der Waals surface area (Å²) in [6, 6.07) is 11.1. The van der Waals surface area contributed by atoms with Gasteiger partial charge < -0.3 is 10.1 Å². The Bertz CT molecular complexity index is 989. The molecule has 0 unspecified atom stereocenters. The van der Waals surface area contributed by atoms with Gasteiger partial charge in [0, 0.05) is 11.8 Å². The number of nitro benzene ring substituents is 1. The summed E-state index contributed by atoms with van der Waals surface area (Å²) < 4.78 is 29.5. The Labute approximate surface area is 154 Å². The van der Waals surface area contributed by atoms with Crippen molar-refractivity contribution < 1.29 is 27.7 Å². The summed E-state index contributed by atoms with van der Waals surface area (Å²) in [6.07, 6.45) is 0.963. The van der Waals surface area contributed by atoms with Crippen LogP contribution in [0.25, 0.3) is 0 Å². The van der Waals surface area contributed by atoms with Crippen LogP contribution < -0.4 is 10.0 Å². The molecule has 11 heteroatoms. The summed E-state index contributed by atoms with van der Waals surface area (Å²) in [5.41, 5.74) is -0.127. The average molecular weight is 393 g/mol. The van der Waals surface area contributed by atoms with E-state index in [1.807, 2.05) is 0 Å². The summed E-state index contributed by atoms with van der Waals surface area (Å²) in [5, 5.41) is 13.2. The number of ether oxygens (including phenoxy) is 1. The molecule has 0 atom stereocenters. The number of hydrogen-bond donors (Lipinski definition) is 2. The zero-order chi connectivity index (χ0) is 20.0. The van der Waals surface area contributed by atoms with Crippen LogP contribution in [0.1, 0.15) is 10.4 Å². The fourth-order valence-electron chi connectivity index (χ4n) is 2.06. The van der Waals surface area contributed by atoms with E-state index in [4.69, 9.17) is 4.74 Å². The number of benzene rings is 2. The second-order valence-corrected chi connectivity index (χ2v) is 7.10. The Morgan fingerprint density at radius 2 is 1.85 bits per heavy atom. The van der Waals surface area contributed by atoms with Gasteiger partial charge in [0.2, 0.25) is 10.0 Å². The minimum atomic E-state index is -3.51. The molecule has 0 spiro atoms. The van der Waals surface area contributed by atoms with E-state index in [1.165, 1.54) is 48.5 Å². The van der Waals surface area contributed by atoms with Gasteiger partial charge in [-0.1, -0.05) is 18.2 Å².